The zero-order valence-electron chi connectivity index (χ0n) is 25.7. The molecule has 1 fully saturated rings. The summed E-state index contributed by atoms with van der Waals surface area (Å²) in [5.74, 6) is 1.27. The van der Waals surface area contributed by atoms with Gasteiger partial charge in [-0.05, 0) is 52.8 Å². The van der Waals surface area contributed by atoms with E-state index >= 15 is 0 Å². The first kappa shape index (κ1) is 26.4. The van der Waals surface area contributed by atoms with E-state index in [1.54, 1.807) is 0 Å². The van der Waals surface area contributed by atoms with Crippen molar-refractivity contribution < 1.29 is 0 Å². The lowest BCUT2D eigenvalue weighted by Gasteiger charge is -2.30. The summed E-state index contributed by atoms with van der Waals surface area (Å²) in [7, 11) is 0. The van der Waals surface area contributed by atoms with Gasteiger partial charge >= 0.3 is 0 Å². The third-order valence-electron chi connectivity index (χ3n) is 10.3. The van der Waals surface area contributed by atoms with Crippen LogP contribution >= 0.6 is 0 Å². The van der Waals surface area contributed by atoms with Crippen LogP contribution in [0.4, 0.5) is 0 Å². The third kappa shape index (κ3) is 3.98. The molecule has 0 aliphatic heterocycles. The number of aromatic nitrogens is 4. The quantitative estimate of drug-likeness (QED) is 0.197. The van der Waals surface area contributed by atoms with Gasteiger partial charge in [0, 0.05) is 33.7 Å². The standard InChI is InChI=1S/C43H30N4/c1-3-13-28(14-4-1)37-23-35-31-17-7-8-18-32(31)36-24-43(36,41(35)42(46-37)29-15-5-2-6-16-29)25-40-44-26-30(27-45-40)47-38-21-11-9-19-33(38)34-20-10-12-22-39(34)47/h1-23,26-27,36H,24-25H2. The second kappa shape index (κ2) is 10.1. The van der Waals surface area contributed by atoms with Crippen molar-refractivity contribution in [1.82, 2.24) is 19.5 Å². The second-order valence-corrected chi connectivity index (χ2v) is 12.9. The van der Waals surface area contributed by atoms with Crippen molar-refractivity contribution in [3.63, 3.8) is 0 Å². The minimum Gasteiger partial charge on any atom is -0.306 e. The lowest BCUT2D eigenvalue weighted by atomic mass is 9.74. The average molecular weight is 603 g/mol. The highest BCUT2D eigenvalue weighted by atomic mass is 15.0. The smallest absolute Gasteiger partial charge is 0.129 e. The van der Waals surface area contributed by atoms with E-state index in [9.17, 15) is 0 Å². The summed E-state index contributed by atoms with van der Waals surface area (Å²) in [5, 5.41) is 2.47. The zero-order valence-corrected chi connectivity index (χ0v) is 25.7. The van der Waals surface area contributed by atoms with Crippen LogP contribution in [0.3, 0.4) is 0 Å². The molecular formula is C43H30N4. The Morgan fingerprint density at radius 2 is 1.21 bits per heavy atom. The number of hydrogen-bond acceptors (Lipinski definition) is 3. The van der Waals surface area contributed by atoms with E-state index < -0.39 is 0 Å². The highest BCUT2D eigenvalue weighted by molar-refractivity contribution is 6.09. The number of nitrogens with zero attached hydrogens (tertiary/aromatic N) is 4. The van der Waals surface area contributed by atoms with Crippen LogP contribution in [-0.2, 0) is 11.8 Å². The second-order valence-electron chi connectivity index (χ2n) is 12.9. The maximum atomic E-state index is 5.42. The van der Waals surface area contributed by atoms with E-state index in [1.807, 2.05) is 12.4 Å². The first-order valence-electron chi connectivity index (χ1n) is 16.3. The minimum absolute atomic E-state index is 0.120. The fourth-order valence-corrected chi connectivity index (χ4v) is 8.18. The van der Waals surface area contributed by atoms with Gasteiger partial charge in [0.1, 0.15) is 5.82 Å². The van der Waals surface area contributed by atoms with Crippen molar-refractivity contribution in [2.75, 3.05) is 0 Å². The van der Waals surface area contributed by atoms with Crippen molar-refractivity contribution in [3.8, 4) is 39.3 Å². The van der Waals surface area contributed by atoms with E-state index in [2.05, 4.69) is 144 Å². The van der Waals surface area contributed by atoms with Crippen LogP contribution in [0, 0.1) is 0 Å². The van der Waals surface area contributed by atoms with Gasteiger partial charge in [0.15, 0.2) is 0 Å². The monoisotopic (exact) mass is 602 g/mol. The molecule has 2 aliphatic rings. The molecule has 8 aromatic rings. The Morgan fingerprint density at radius 1 is 0.617 bits per heavy atom. The fourth-order valence-electron chi connectivity index (χ4n) is 8.18. The highest BCUT2D eigenvalue weighted by Crippen LogP contribution is 2.69. The van der Waals surface area contributed by atoms with E-state index in [0.29, 0.717) is 5.92 Å². The molecule has 1 saturated carbocycles. The van der Waals surface area contributed by atoms with Gasteiger partial charge in [-0.25, -0.2) is 15.0 Å². The summed E-state index contributed by atoms with van der Waals surface area (Å²) in [6.45, 7) is 0. The van der Waals surface area contributed by atoms with Gasteiger partial charge in [-0.1, -0.05) is 121 Å². The molecule has 4 heteroatoms. The Morgan fingerprint density at radius 3 is 1.91 bits per heavy atom. The van der Waals surface area contributed by atoms with Crippen LogP contribution in [0.25, 0.3) is 61.1 Å². The summed E-state index contributed by atoms with van der Waals surface area (Å²) in [6, 6.07) is 49.6. The molecule has 0 radical (unpaired) electrons. The Kier molecular flexibility index (Phi) is 5.64. The van der Waals surface area contributed by atoms with Crippen LogP contribution in [0.1, 0.15) is 29.3 Å². The third-order valence-corrected chi connectivity index (χ3v) is 10.3. The van der Waals surface area contributed by atoms with Gasteiger partial charge in [-0.3, -0.25) is 0 Å². The molecule has 2 aliphatic carbocycles. The lowest BCUT2D eigenvalue weighted by molar-refractivity contribution is 0.626. The summed E-state index contributed by atoms with van der Waals surface area (Å²) in [5.41, 5.74) is 12.9. The average Bonchev–Trinajstić information content (AvgIpc) is 3.79. The van der Waals surface area contributed by atoms with Crippen molar-refractivity contribution in [2.24, 2.45) is 0 Å². The van der Waals surface area contributed by atoms with Crippen LogP contribution < -0.4 is 0 Å². The topological polar surface area (TPSA) is 43.6 Å². The van der Waals surface area contributed by atoms with Gasteiger partial charge in [0.05, 0.1) is 40.5 Å². The maximum Gasteiger partial charge on any atom is 0.129 e. The number of para-hydroxylation sites is 2. The Labute approximate surface area is 273 Å². The van der Waals surface area contributed by atoms with Gasteiger partial charge < -0.3 is 4.57 Å². The Bertz CT molecular complexity index is 2390. The molecule has 0 spiro atoms. The van der Waals surface area contributed by atoms with Crippen molar-refractivity contribution in [3.05, 3.63) is 169 Å². The maximum absolute atomic E-state index is 5.42. The normalized spacial score (nSPS) is 17.7. The molecule has 3 aromatic heterocycles. The fraction of sp³-hybridized carbons (Fsp3) is 0.0930. The summed E-state index contributed by atoms with van der Waals surface area (Å²) < 4.78 is 2.28. The SMILES string of the molecule is c1ccc(-c2cc3c(c(-c4ccccc4)n2)C2(Cc4ncc(-n5c6ccccc6c6ccccc65)cn4)CC2c2ccccc2-3)cc1. The highest BCUT2D eigenvalue weighted by Gasteiger charge is 2.61. The summed E-state index contributed by atoms with van der Waals surface area (Å²) in [6.07, 6.45) is 5.82. The number of pyridine rings is 1. The lowest BCUT2D eigenvalue weighted by Crippen LogP contribution is -2.22. The van der Waals surface area contributed by atoms with Crippen molar-refractivity contribution >= 4 is 21.8 Å². The molecule has 0 bridgehead atoms. The first-order chi connectivity index (χ1) is 23.3. The Hall–Kier alpha value is -5.87. The molecule has 10 rings (SSSR count). The largest absolute Gasteiger partial charge is 0.306 e. The molecule has 47 heavy (non-hydrogen) atoms. The molecule has 4 nitrogen and oxygen atoms in total. The van der Waals surface area contributed by atoms with Gasteiger partial charge in [-0.2, -0.15) is 0 Å². The van der Waals surface area contributed by atoms with Crippen LogP contribution in [0.2, 0.25) is 0 Å². The van der Waals surface area contributed by atoms with E-state index in [1.165, 1.54) is 33.0 Å². The molecule has 5 aromatic carbocycles. The number of fused-ring (bicyclic) bond motifs is 9. The molecular weight excluding hydrogens is 573 g/mol. The van der Waals surface area contributed by atoms with Crippen molar-refractivity contribution in [2.45, 2.75) is 24.2 Å². The molecule has 2 unspecified atom stereocenters. The number of benzene rings is 5. The van der Waals surface area contributed by atoms with Crippen LogP contribution in [-0.4, -0.2) is 19.5 Å². The van der Waals surface area contributed by atoms with E-state index in [4.69, 9.17) is 15.0 Å². The minimum atomic E-state index is -0.120. The van der Waals surface area contributed by atoms with Gasteiger partial charge in [0.2, 0.25) is 0 Å². The van der Waals surface area contributed by atoms with Gasteiger partial charge in [-0.15, -0.1) is 0 Å². The zero-order chi connectivity index (χ0) is 31.0. The van der Waals surface area contributed by atoms with Crippen LogP contribution in [0.5, 0.6) is 0 Å². The molecule has 0 amide bonds. The molecule has 2 atom stereocenters. The summed E-state index contributed by atoms with van der Waals surface area (Å²) >= 11 is 0. The van der Waals surface area contributed by atoms with E-state index in [-0.39, 0.29) is 5.41 Å². The van der Waals surface area contributed by atoms with E-state index in [0.717, 1.165) is 57.9 Å². The van der Waals surface area contributed by atoms with Crippen molar-refractivity contribution in [1.29, 1.82) is 0 Å². The molecule has 222 valence electrons. The number of rotatable bonds is 5. The molecule has 0 N–H and O–H groups in total. The first-order valence-corrected chi connectivity index (χ1v) is 16.3. The Balaban J connectivity index is 1.13. The molecule has 0 saturated heterocycles. The van der Waals surface area contributed by atoms with Gasteiger partial charge in [0.25, 0.3) is 0 Å². The predicted octanol–water partition coefficient (Wildman–Crippen LogP) is 9.95. The van der Waals surface area contributed by atoms with Crippen LogP contribution in [0.15, 0.2) is 152 Å². The predicted molar refractivity (Wildman–Crippen MR) is 190 cm³/mol. The molecule has 3 heterocycles. The summed E-state index contributed by atoms with van der Waals surface area (Å²) in [4.78, 5) is 15.5. The number of hydrogen-bond donors (Lipinski definition) is 0.